The van der Waals surface area contributed by atoms with Crippen LogP contribution in [0.4, 0.5) is 30.6 Å². The standard InChI is InChI=1S/C46H58N10O10/c1-43(2,3)63-39(59)53-27-21-29(55(53)41(61)65-45(7,8)9)35-33(27)47-49-51(35)25-17-13-23(14-18-25)31-37(57)32(38(31)58)24-15-19-26(20-16-24)52-36-30-22-28(34(36)48-50-52)54(40(60)64-44(4,5)6)56(30)42(62)66-46(10,11)12/h13-20,27-31,33-36,57H,21-22H2,1-12H3. The van der Waals surface area contributed by atoms with Crippen LogP contribution < -0.4 is 10.0 Å². The summed E-state index contributed by atoms with van der Waals surface area (Å²) in [6.07, 6.45) is -1.78. The number of ketones is 1. The first-order valence-electron chi connectivity index (χ1n) is 22.4. The Hall–Kier alpha value is -6.47. The molecule has 7 aliphatic rings. The van der Waals surface area contributed by atoms with Crippen LogP contribution in [0.1, 0.15) is 113 Å². The molecule has 4 fully saturated rings. The van der Waals surface area contributed by atoms with Gasteiger partial charge in [0.25, 0.3) is 0 Å². The third-order valence-electron chi connectivity index (χ3n) is 12.4. The summed E-state index contributed by atoms with van der Waals surface area (Å²) in [6.45, 7) is 21.1. The lowest BCUT2D eigenvalue weighted by Gasteiger charge is -2.43. The lowest BCUT2D eigenvalue weighted by molar-refractivity contribution is -0.116. The molecule has 9 rings (SSSR count). The van der Waals surface area contributed by atoms with Crippen LogP contribution in [0.25, 0.3) is 5.57 Å². The topological polar surface area (TPSA) is 211 Å². The molecule has 1 N–H and O–H groups in total. The normalized spacial score (nSPS) is 28.6. The summed E-state index contributed by atoms with van der Waals surface area (Å²) < 4.78 is 22.9. The first kappa shape index (κ1) is 44.7. The number of Topliss-reactive ketones (excluding diaryl/α,β-unsaturated/α-hetero) is 1. The Labute approximate surface area is 383 Å². The Morgan fingerprint density at radius 3 is 1.20 bits per heavy atom. The Balaban J connectivity index is 0.895. The highest BCUT2D eigenvalue weighted by Gasteiger charge is 2.67. The number of aliphatic hydroxyl groups is 1. The van der Waals surface area contributed by atoms with Gasteiger partial charge >= 0.3 is 24.4 Å². The van der Waals surface area contributed by atoms with Crippen molar-refractivity contribution in [2.45, 2.75) is 173 Å². The lowest BCUT2D eigenvalue weighted by atomic mass is 9.75. The molecule has 66 heavy (non-hydrogen) atoms. The number of hydrazine groups is 2. The number of ether oxygens (including phenoxy) is 4. The number of fused-ring (bicyclic) bond motifs is 10. The zero-order valence-corrected chi connectivity index (χ0v) is 39.3. The maximum Gasteiger partial charge on any atom is 0.429 e. The molecule has 20 heteroatoms. The number of amides is 4. The van der Waals surface area contributed by atoms with Crippen LogP contribution in [0.5, 0.6) is 0 Å². The maximum atomic E-state index is 13.8. The molecule has 9 unspecified atom stereocenters. The summed E-state index contributed by atoms with van der Waals surface area (Å²) in [5.41, 5.74) is -0.604. The summed E-state index contributed by atoms with van der Waals surface area (Å²) in [7, 11) is 0. The molecular formula is C46H58N10O10. The van der Waals surface area contributed by atoms with Crippen LogP contribution in [0.3, 0.4) is 0 Å². The van der Waals surface area contributed by atoms with Crippen molar-refractivity contribution in [2.75, 3.05) is 10.0 Å². The molecule has 352 valence electrons. The van der Waals surface area contributed by atoms with E-state index in [4.69, 9.17) is 18.9 Å². The quantitative estimate of drug-likeness (QED) is 0.287. The molecular weight excluding hydrogens is 853 g/mol. The third kappa shape index (κ3) is 7.60. The van der Waals surface area contributed by atoms with E-state index >= 15 is 0 Å². The van der Waals surface area contributed by atoms with Crippen molar-refractivity contribution in [3.63, 3.8) is 0 Å². The number of anilines is 2. The monoisotopic (exact) mass is 910 g/mol. The fourth-order valence-electron chi connectivity index (χ4n) is 10.1. The highest BCUT2D eigenvalue weighted by molar-refractivity contribution is 6.32. The van der Waals surface area contributed by atoms with Crippen molar-refractivity contribution in [1.82, 2.24) is 20.0 Å². The summed E-state index contributed by atoms with van der Waals surface area (Å²) in [6, 6.07) is 10.5. The summed E-state index contributed by atoms with van der Waals surface area (Å²) in [5.74, 6) is -1.18. The van der Waals surface area contributed by atoms with Gasteiger partial charge < -0.3 is 24.1 Å². The van der Waals surface area contributed by atoms with E-state index in [-0.39, 0.29) is 17.1 Å². The van der Waals surface area contributed by atoms with Crippen LogP contribution >= 0.6 is 0 Å². The average Bonchev–Trinajstić information content (AvgIpc) is 4.03. The number of rotatable bonds is 4. The van der Waals surface area contributed by atoms with Crippen LogP contribution in [0.15, 0.2) is 75.0 Å². The molecule has 2 aromatic rings. The lowest BCUT2D eigenvalue weighted by Crippen LogP contribution is -2.64. The first-order valence-corrected chi connectivity index (χ1v) is 22.4. The summed E-state index contributed by atoms with van der Waals surface area (Å²) in [5, 5.41) is 38.3. The molecule has 3 aliphatic carbocycles. The second kappa shape index (κ2) is 15.0. The fraction of sp³-hybridized carbons (Fsp3) is 0.587. The number of allylic oxidation sites excluding steroid dienone is 2. The largest absolute Gasteiger partial charge is 0.510 e. The Kier molecular flexibility index (Phi) is 10.2. The molecule has 4 bridgehead atoms. The molecule has 2 aromatic carbocycles. The van der Waals surface area contributed by atoms with Gasteiger partial charge in [-0.25, -0.2) is 49.2 Å². The first-order chi connectivity index (χ1) is 30.7. The molecule has 0 aromatic heterocycles. The van der Waals surface area contributed by atoms with E-state index in [1.165, 1.54) is 20.0 Å². The van der Waals surface area contributed by atoms with Gasteiger partial charge in [0.05, 0.1) is 41.1 Å². The van der Waals surface area contributed by atoms with Gasteiger partial charge in [0.2, 0.25) is 0 Å². The predicted octanol–water partition coefficient (Wildman–Crippen LogP) is 8.26. The number of carbonyl (C=O) groups is 5. The molecule has 9 atom stereocenters. The van der Waals surface area contributed by atoms with E-state index in [0.29, 0.717) is 35.3 Å². The predicted molar refractivity (Wildman–Crippen MR) is 237 cm³/mol. The van der Waals surface area contributed by atoms with E-state index in [0.717, 1.165) is 0 Å². The molecule has 2 saturated heterocycles. The second-order valence-corrected chi connectivity index (χ2v) is 21.8. The number of hydrogen-bond acceptors (Lipinski definition) is 16. The van der Waals surface area contributed by atoms with Crippen LogP contribution in [-0.4, -0.2) is 126 Å². The van der Waals surface area contributed by atoms with Crippen LogP contribution in [0.2, 0.25) is 0 Å². The zero-order valence-electron chi connectivity index (χ0n) is 39.3. The van der Waals surface area contributed by atoms with Crippen molar-refractivity contribution in [3.8, 4) is 0 Å². The second-order valence-electron chi connectivity index (χ2n) is 21.8. The molecule has 4 heterocycles. The minimum Gasteiger partial charge on any atom is -0.510 e. The molecule has 0 spiro atoms. The van der Waals surface area contributed by atoms with Crippen LogP contribution in [0, 0.1) is 0 Å². The Bertz CT molecular complexity index is 2450. The van der Waals surface area contributed by atoms with E-state index in [1.807, 2.05) is 0 Å². The van der Waals surface area contributed by atoms with E-state index in [9.17, 15) is 29.1 Å². The number of carbonyl (C=O) groups excluding carboxylic acids is 5. The maximum absolute atomic E-state index is 13.8. The van der Waals surface area contributed by atoms with Gasteiger partial charge in [0.15, 0.2) is 5.78 Å². The molecule has 0 radical (unpaired) electrons. The van der Waals surface area contributed by atoms with Gasteiger partial charge in [-0.15, -0.1) is 0 Å². The summed E-state index contributed by atoms with van der Waals surface area (Å²) >= 11 is 0. The van der Waals surface area contributed by atoms with Gasteiger partial charge in [0.1, 0.15) is 58.2 Å². The molecule has 4 aliphatic heterocycles. The number of hydrogen-bond donors (Lipinski definition) is 1. The minimum atomic E-state index is -0.872. The molecule has 4 amide bonds. The van der Waals surface area contributed by atoms with Crippen molar-refractivity contribution in [3.05, 3.63) is 65.4 Å². The van der Waals surface area contributed by atoms with Gasteiger partial charge in [0, 0.05) is 0 Å². The molecule has 20 nitrogen and oxygen atoms in total. The van der Waals surface area contributed by atoms with Gasteiger partial charge in [-0.05, 0) is 131 Å². The average molecular weight is 911 g/mol. The van der Waals surface area contributed by atoms with Crippen molar-refractivity contribution < 1.29 is 48.0 Å². The van der Waals surface area contributed by atoms with E-state index in [2.05, 4.69) is 20.7 Å². The smallest absolute Gasteiger partial charge is 0.429 e. The number of benzene rings is 2. The summed E-state index contributed by atoms with van der Waals surface area (Å²) in [4.78, 5) is 68.1. The Morgan fingerprint density at radius 2 is 0.864 bits per heavy atom. The van der Waals surface area contributed by atoms with E-state index < -0.39 is 101 Å². The minimum absolute atomic E-state index is 0.0611. The van der Waals surface area contributed by atoms with Gasteiger partial charge in [-0.2, -0.15) is 10.2 Å². The molecule has 2 saturated carbocycles. The third-order valence-corrected chi connectivity index (χ3v) is 12.4. The Morgan fingerprint density at radius 1 is 0.530 bits per heavy atom. The van der Waals surface area contributed by atoms with E-state index in [1.54, 1.807) is 142 Å². The van der Waals surface area contributed by atoms with Gasteiger partial charge in [-0.3, -0.25) is 4.79 Å². The van der Waals surface area contributed by atoms with Crippen molar-refractivity contribution >= 4 is 47.1 Å². The highest BCUT2D eigenvalue weighted by atomic mass is 16.6. The number of nitrogens with zero attached hydrogens (tertiary/aromatic N) is 10. The highest BCUT2D eigenvalue weighted by Crippen LogP contribution is 2.50. The number of aliphatic hydroxyl groups excluding tert-OH is 1. The van der Waals surface area contributed by atoms with Crippen LogP contribution in [-0.2, 0) is 23.7 Å². The SMILES string of the molecule is CC(C)(C)OC(=O)N1C2CC(C3C2N=NN3c2ccc(C3=C(O)C(c4ccc(N5N=NC6C5C5CC6N(C(=O)OC(C)(C)C)N5C(=O)OC(C)(C)C)cc4)C3=O)cc2)N1C(=O)OC(C)(C)C. The fourth-order valence-corrected chi connectivity index (χ4v) is 10.1. The van der Waals surface area contributed by atoms with Crippen molar-refractivity contribution in [2.24, 2.45) is 20.7 Å². The van der Waals surface area contributed by atoms with Crippen molar-refractivity contribution in [1.29, 1.82) is 0 Å². The zero-order chi connectivity index (χ0) is 47.7. The van der Waals surface area contributed by atoms with Gasteiger partial charge in [-0.1, -0.05) is 34.7 Å².